The van der Waals surface area contributed by atoms with Crippen molar-refractivity contribution in [1.82, 2.24) is 4.98 Å². The number of nitrogens with two attached hydrogens (primary N) is 1. The molecule has 0 unspecified atom stereocenters. The molecule has 0 fully saturated rings. The molecular weight excluding hydrogens is 250 g/mol. The minimum Gasteiger partial charge on any atom is -0.478 e. The monoisotopic (exact) mass is 263 g/mol. The van der Waals surface area contributed by atoms with Gasteiger partial charge in [0.05, 0.1) is 17.6 Å². The van der Waals surface area contributed by atoms with E-state index in [9.17, 15) is 4.79 Å². The number of aryl methyl sites for hydroxylation is 1. The number of benzene rings is 1. The maximum Gasteiger partial charge on any atom is 0.337 e. The molecule has 5 nitrogen and oxygen atoms in total. The second-order valence-electron chi connectivity index (χ2n) is 3.88. The number of nitrogen functional groups attached to an aromatic ring is 1. The lowest BCUT2D eigenvalue weighted by molar-refractivity contribution is 0.0698. The Kier molecular flexibility index (Phi) is 3.47. The highest BCUT2D eigenvalue weighted by molar-refractivity contribution is 7.09. The third-order valence-electron chi connectivity index (χ3n) is 2.57. The van der Waals surface area contributed by atoms with Gasteiger partial charge in [0.15, 0.2) is 0 Å². The second-order valence-corrected chi connectivity index (χ2v) is 4.85. The van der Waals surface area contributed by atoms with Crippen LogP contribution >= 0.6 is 11.3 Å². The highest BCUT2D eigenvalue weighted by Gasteiger charge is 2.11. The molecule has 1 heterocycles. The zero-order chi connectivity index (χ0) is 13.1. The van der Waals surface area contributed by atoms with Crippen molar-refractivity contribution in [2.75, 3.05) is 11.1 Å². The average Bonchev–Trinajstić information content (AvgIpc) is 2.83. The summed E-state index contributed by atoms with van der Waals surface area (Å²) in [6.45, 7) is 2.41. The van der Waals surface area contributed by atoms with Crippen LogP contribution < -0.4 is 11.1 Å². The Morgan fingerprint density at radius 1 is 1.56 bits per heavy atom. The Balaban J connectivity index is 2.21. The highest BCUT2D eigenvalue weighted by Crippen LogP contribution is 2.23. The minimum absolute atomic E-state index is 0.127. The topological polar surface area (TPSA) is 88.2 Å². The number of thiazole rings is 1. The maximum absolute atomic E-state index is 11.0. The van der Waals surface area contributed by atoms with E-state index < -0.39 is 5.97 Å². The minimum atomic E-state index is -1.02. The van der Waals surface area contributed by atoms with E-state index >= 15 is 0 Å². The van der Waals surface area contributed by atoms with Crippen LogP contribution in [0.5, 0.6) is 0 Å². The van der Waals surface area contributed by atoms with Gasteiger partial charge in [0, 0.05) is 22.4 Å². The fourth-order valence-electron chi connectivity index (χ4n) is 1.60. The van der Waals surface area contributed by atoms with Crippen LogP contribution in [0.1, 0.15) is 20.8 Å². The van der Waals surface area contributed by atoms with Crippen LogP contribution in [-0.4, -0.2) is 16.1 Å². The number of nitrogens with zero attached hydrogens (tertiary/aromatic N) is 1. The van der Waals surface area contributed by atoms with Crippen molar-refractivity contribution >= 4 is 28.7 Å². The predicted molar refractivity (Wildman–Crippen MR) is 72.0 cm³/mol. The molecular formula is C12H13N3O2S. The zero-order valence-electron chi connectivity index (χ0n) is 9.80. The van der Waals surface area contributed by atoms with Crippen LogP contribution in [0, 0.1) is 6.92 Å². The number of rotatable bonds is 4. The van der Waals surface area contributed by atoms with Gasteiger partial charge in [-0.05, 0) is 24.6 Å². The van der Waals surface area contributed by atoms with Gasteiger partial charge in [-0.15, -0.1) is 11.3 Å². The number of anilines is 2. The highest BCUT2D eigenvalue weighted by atomic mass is 32.1. The lowest BCUT2D eigenvalue weighted by Crippen LogP contribution is -2.06. The number of carboxylic acids is 1. The van der Waals surface area contributed by atoms with Crippen molar-refractivity contribution in [3.63, 3.8) is 0 Å². The van der Waals surface area contributed by atoms with E-state index in [1.807, 2.05) is 6.07 Å². The molecule has 0 amide bonds. The Labute approximate surface area is 108 Å². The number of carbonyl (C=O) groups is 1. The molecule has 0 spiro atoms. The molecule has 0 radical (unpaired) electrons. The van der Waals surface area contributed by atoms with Gasteiger partial charge >= 0.3 is 5.97 Å². The van der Waals surface area contributed by atoms with E-state index in [1.165, 1.54) is 0 Å². The molecule has 2 rings (SSSR count). The molecule has 4 N–H and O–H groups in total. The number of hydrogen-bond acceptors (Lipinski definition) is 5. The van der Waals surface area contributed by atoms with Crippen molar-refractivity contribution in [3.05, 3.63) is 39.8 Å². The smallest absolute Gasteiger partial charge is 0.337 e. The summed E-state index contributed by atoms with van der Waals surface area (Å²) in [4.78, 5) is 16.1. The quantitative estimate of drug-likeness (QED) is 0.737. The van der Waals surface area contributed by atoms with Crippen LogP contribution in [0.4, 0.5) is 11.4 Å². The maximum atomic E-state index is 11.0. The summed E-state index contributed by atoms with van der Waals surface area (Å²) in [6, 6.07) is 3.38. The molecule has 18 heavy (non-hydrogen) atoms. The number of nitrogens with one attached hydrogen (secondary N) is 1. The first-order chi connectivity index (χ1) is 8.58. The number of aromatic nitrogens is 1. The van der Waals surface area contributed by atoms with Crippen LogP contribution in [0.25, 0.3) is 0 Å². The summed E-state index contributed by atoms with van der Waals surface area (Å²) in [7, 11) is 0. The van der Waals surface area contributed by atoms with E-state index in [4.69, 9.17) is 10.8 Å². The van der Waals surface area contributed by atoms with Crippen molar-refractivity contribution in [3.8, 4) is 0 Å². The van der Waals surface area contributed by atoms with Crippen LogP contribution in [0.3, 0.4) is 0 Å². The summed E-state index contributed by atoms with van der Waals surface area (Å²) in [5.41, 5.74) is 9.42. The molecule has 0 bridgehead atoms. The van der Waals surface area contributed by atoms with Gasteiger partial charge in [-0.2, -0.15) is 0 Å². The Bertz CT molecular complexity index is 567. The van der Waals surface area contributed by atoms with Crippen LogP contribution in [0.2, 0.25) is 0 Å². The summed E-state index contributed by atoms with van der Waals surface area (Å²) in [5.74, 6) is -1.02. The van der Waals surface area contributed by atoms with E-state index in [1.54, 1.807) is 36.0 Å². The second kappa shape index (κ2) is 5.05. The Morgan fingerprint density at radius 2 is 2.33 bits per heavy atom. The molecule has 94 valence electrons. The Hall–Kier alpha value is -2.08. The van der Waals surface area contributed by atoms with Gasteiger partial charge in [-0.1, -0.05) is 0 Å². The van der Waals surface area contributed by atoms with Crippen LogP contribution in [0.15, 0.2) is 23.8 Å². The van der Waals surface area contributed by atoms with Crippen molar-refractivity contribution < 1.29 is 9.90 Å². The summed E-state index contributed by atoms with van der Waals surface area (Å²) >= 11 is 1.55. The molecule has 6 heteroatoms. The summed E-state index contributed by atoms with van der Waals surface area (Å²) in [6.07, 6.45) is 1.78. The lowest BCUT2D eigenvalue weighted by Gasteiger charge is -2.10. The molecule has 1 aromatic heterocycles. The van der Waals surface area contributed by atoms with Crippen molar-refractivity contribution in [1.29, 1.82) is 0 Å². The normalized spacial score (nSPS) is 10.3. The molecule has 0 aliphatic heterocycles. The molecule has 0 saturated heterocycles. The molecule has 1 aromatic carbocycles. The third kappa shape index (κ3) is 2.60. The van der Waals surface area contributed by atoms with Gasteiger partial charge in [-0.25, -0.2) is 4.79 Å². The number of hydrogen-bond donors (Lipinski definition) is 3. The first-order valence-corrected chi connectivity index (χ1v) is 6.20. The van der Waals surface area contributed by atoms with Crippen LogP contribution in [-0.2, 0) is 6.54 Å². The van der Waals surface area contributed by atoms with Gasteiger partial charge in [-0.3, -0.25) is 4.98 Å². The Morgan fingerprint density at radius 3 is 2.94 bits per heavy atom. The largest absolute Gasteiger partial charge is 0.478 e. The lowest BCUT2D eigenvalue weighted by atomic mass is 10.1. The molecule has 2 aromatic rings. The standard InChI is InChI=1S/C12H13N3O2S/c1-7-2-8(3-10(11(7)13)12(16)17)15-5-9-4-14-6-18-9/h2-4,6,15H,5,13H2,1H3,(H,16,17). The van der Waals surface area contributed by atoms with E-state index in [-0.39, 0.29) is 5.56 Å². The predicted octanol–water partition coefficient (Wildman–Crippen LogP) is 2.34. The van der Waals surface area contributed by atoms with E-state index in [0.29, 0.717) is 12.2 Å². The fraction of sp³-hybridized carbons (Fsp3) is 0.167. The summed E-state index contributed by atoms with van der Waals surface area (Å²) < 4.78 is 0. The third-order valence-corrected chi connectivity index (χ3v) is 3.35. The van der Waals surface area contributed by atoms with Crippen molar-refractivity contribution in [2.45, 2.75) is 13.5 Å². The van der Waals surface area contributed by atoms with Gasteiger partial charge < -0.3 is 16.2 Å². The zero-order valence-corrected chi connectivity index (χ0v) is 10.6. The first kappa shape index (κ1) is 12.4. The number of aromatic carboxylic acids is 1. The fourth-order valence-corrected chi connectivity index (χ4v) is 2.13. The van der Waals surface area contributed by atoms with Crippen molar-refractivity contribution in [2.24, 2.45) is 0 Å². The first-order valence-electron chi connectivity index (χ1n) is 5.32. The van der Waals surface area contributed by atoms with Gasteiger partial charge in [0.2, 0.25) is 0 Å². The molecule has 0 aliphatic carbocycles. The molecule has 0 aliphatic rings. The van der Waals surface area contributed by atoms with E-state index in [0.717, 1.165) is 16.1 Å². The van der Waals surface area contributed by atoms with Gasteiger partial charge in [0.1, 0.15) is 0 Å². The average molecular weight is 263 g/mol. The molecule has 0 atom stereocenters. The SMILES string of the molecule is Cc1cc(NCc2cncs2)cc(C(=O)O)c1N. The van der Waals surface area contributed by atoms with E-state index in [2.05, 4.69) is 10.3 Å². The summed E-state index contributed by atoms with van der Waals surface area (Å²) in [5, 5.41) is 12.2. The molecule has 0 saturated carbocycles. The van der Waals surface area contributed by atoms with Gasteiger partial charge in [0.25, 0.3) is 0 Å². The number of carboxylic acid groups (broad SMARTS) is 1.